The van der Waals surface area contributed by atoms with E-state index in [0.29, 0.717) is 5.69 Å². The third kappa shape index (κ3) is 2.70. The number of hydrogen-bond donors (Lipinski definition) is 3. The number of para-hydroxylation sites is 2. The van der Waals surface area contributed by atoms with Gasteiger partial charge < -0.3 is 16.2 Å². The van der Waals surface area contributed by atoms with E-state index < -0.39 is 5.41 Å². The lowest BCUT2D eigenvalue weighted by Gasteiger charge is -2.21. The summed E-state index contributed by atoms with van der Waals surface area (Å²) in [6, 6.07) is 6.59. The van der Waals surface area contributed by atoms with Crippen LogP contribution in [0.3, 0.4) is 0 Å². The van der Waals surface area contributed by atoms with Crippen LogP contribution < -0.4 is 11.1 Å². The molecule has 0 saturated carbocycles. The molecule has 0 aromatic heterocycles. The van der Waals surface area contributed by atoms with Gasteiger partial charge in [0.25, 0.3) is 0 Å². The molecule has 82 valence electrons. The molecule has 0 fully saturated rings. The van der Waals surface area contributed by atoms with Gasteiger partial charge in [0, 0.05) is 6.54 Å². The van der Waals surface area contributed by atoms with Crippen molar-refractivity contribution >= 4 is 11.6 Å². The Morgan fingerprint density at radius 3 is 2.60 bits per heavy atom. The topological polar surface area (TPSA) is 75.4 Å². The number of nitrogens with one attached hydrogen (secondary N) is 1. The third-order valence-corrected chi connectivity index (χ3v) is 2.28. The van der Waals surface area contributed by atoms with Crippen molar-refractivity contribution in [1.82, 2.24) is 0 Å². The number of carbonyl (C=O) groups is 1. The smallest absolute Gasteiger partial charge is 0.231 e. The van der Waals surface area contributed by atoms with E-state index in [1.165, 1.54) is 6.07 Å². The standard InChI is InChI=1S/C11H16N2O2/c1-11(2,7-12)10(15)13-8-5-3-4-6-9(8)14/h3-6,14H,7,12H2,1-2H3,(H,13,15). The summed E-state index contributed by atoms with van der Waals surface area (Å²) in [4.78, 5) is 11.7. The molecule has 1 aromatic carbocycles. The first kappa shape index (κ1) is 11.5. The lowest BCUT2D eigenvalue weighted by Crippen LogP contribution is -2.37. The zero-order chi connectivity index (χ0) is 11.5. The highest BCUT2D eigenvalue weighted by atomic mass is 16.3. The summed E-state index contributed by atoms with van der Waals surface area (Å²) >= 11 is 0. The Labute approximate surface area is 89.1 Å². The summed E-state index contributed by atoms with van der Waals surface area (Å²) in [5.41, 5.74) is 5.25. The summed E-state index contributed by atoms with van der Waals surface area (Å²) in [6.07, 6.45) is 0. The first-order valence-electron chi connectivity index (χ1n) is 4.77. The Morgan fingerprint density at radius 2 is 2.07 bits per heavy atom. The zero-order valence-corrected chi connectivity index (χ0v) is 8.95. The summed E-state index contributed by atoms with van der Waals surface area (Å²) < 4.78 is 0. The summed E-state index contributed by atoms with van der Waals surface area (Å²) in [5.74, 6) is -0.148. The number of aromatic hydroxyl groups is 1. The molecule has 0 aliphatic heterocycles. The highest BCUT2D eigenvalue weighted by Crippen LogP contribution is 2.24. The number of amides is 1. The zero-order valence-electron chi connectivity index (χ0n) is 8.95. The Bertz CT molecular complexity index is 361. The monoisotopic (exact) mass is 208 g/mol. The molecular weight excluding hydrogens is 192 g/mol. The number of hydrogen-bond acceptors (Lipinski definition) is 3. The Balaban J connectivity index is 2.80. The van der Waals surface area contributed by atoms with Crippen molar-refractivity contribution in [3.05, 3.63) is 24.3 Å². The average Bonchev–Trinajstić information content (AvgIpc) is 2.21. The predicted molar refractivity (Wildman–Crippen MR) is 59.6 cm³/mol. The molecule has 1 amide bonds. The maximum Gasteiger partial charge on any atom is 0.231 e. The van der Waals surface area contributed by atoms with Crippen LogP contribution in [-0.2, 0) is 4.79 Å². The number of phenols is 1. The van der Waals surface area contributed by atoms with Crippen molar-refractivity contribution in [2.24, 2.45) is 11.1 Å². The van der Waals surface area contributed by atoms with Gasteiger partial charge in [-0.25, -0.2) is 0 Å². The van der Waals surface area contributed by atoms with Crippen LogP contribution >= 0.6 is 0 Å². The Hall–Kier alpha value is -1.55. The van der Waals surface area contributed by atoms with Gasteiger partial charge in [-0.15, -0.1) is 0 Å². The van der Waals surface area contributed by atoms with Crippen molar-refractivity contribution in [3.8, 4) is 5.75 Å². The van der Waals surface area contributed by atoms with E-state index in [9.17, 15) is 9.90 Å². The fourth-order valence-corrected chi connectivity index (χ4v) is 0.964. The Morgan fingerprint density at radius 1 is 1.47 bits per heavy atom. The molecule has 4 nitrogen and oxygen atoms in total. The molecule has 4 N–H and O–H groups in total. The molecule has 0 atom stereocenters. The van der Waals surface area contributed by atoms with Crippen molar-refractivity contribution in [1.29, 1.82) is 0 Å². The minimum atomic E-state index is -0.637. The molecule has 0 radical (unpaired) electrons. The Kier molecular flexibility index (Phi) is 3.31. The second kappa shape index (κ2) is 4.31. The second-order valence-corrected chi connectivity index (χ2v) is 4.06. The van der Waals surface area contributed by atoms with Crippen LogP contribution in [0.25, 0.3) is 0 Å². The van der Waals surface area contributed by atoms with E-state index in [-0.39, 0.29) is 18.2 Å². The molecule has 15 heavy (non-hydrogen) atoms. The van der Waals surface area contributed by atoms with Gasteiger partial charge in [-0.3, -0.25) is 4.79 Å². The number of phenolic OH excluding ortho intramolecular Hbond substituents is 1. The van der Waals surface area contributed by atoms with Gasteiger partial charge in [-0.05, 0) is 26.0 Å². The van der Waals surface area contributed by atoms with E-state index in [4.69, 9.17) is 5.73 Å². The van der Waals surface area contributed by atoms with E-state index in [1.54, 1.807) is 32.0 Å². The molecule has 0 bridgehead atoms. The van der Waals surface area contributed by atoms with Crippen LogP contribution in [0.1, 0.15) is 13.8 Å². The third-order valence-electron chi connectivity index (χ3n) is 2.28. The van der Waals surface area contributed by atoms with Crippen LogP contribution in [0.2, 0.25) is 0 Å². The highest BCUT2D eigenvalue weighted by molar-refractivity contribution is 5.96. The van der Waals surface area contributed by atoms with Gasteiger partial charge in [0.2, 0.25) is 5.91 Å². The van der Waals surface area contributed by atoms with Gasteiger partial charge in [0.1, 0.15) is 5.75 Å². The summed E-state index contributed by atoms with van der Waals surface area (Å²) in [6.45, 7) is 3.76. The average molecular weight is 208 g/mol. The van der Waals surface area contributed by atoms with Gasteiger partial charge in [0.15, 0.2) is 0 Å². The molecule has 0 spiro atoms. The number of benzene rings is 1. The fraction of sp³-hybridized carbons (Fsp3) is 0.364. The molecule has 1 rings (SSSR count). The van der Waals surface area contributed by atoms with E-state index in [2.05, 4.69) is 5.32 Å². The van der Waals surface area contributed by atoms with Gasteiger partial charge in [-0.2, -0.15) is 0 Å². The molecule has 0 unspecified atom stereocenters. The van der Waals surface area contributed by atoms with Crippen LogP contribution in [0, 0.1) is 5.41 Å². The predicted octanol–water partition coefficient (Wildman–Crippen LogP) is 1.32. The number of carbonyl (C=O) groups excluding carboxylic acids is 1. The number of rotatable bonds is 3. The molecule has 4 heteroatoms. The van der Waals surface area contributed by atoms with Crippen molar-refractivity contribution in [3.63, 3.8) is 0 Å². The van der Waals surface area contributed by atoms with Crippen LogP contribution in [0.5, 0.6) is 5.75 Å². The number of nitrogens with two attached hydrogens (primary N) is 1. The SMILES string of the molecule is CC(C)(CN)C(=O)Nc1ccccc1O. The normalized spacial score (nSPS) is 11.1. The molecule has 1 aromatic rings. The van der Waals surface area contributed by atoms with E-state index in [1.807, 2.05) is 0 Å². The van der Waals surface area contributed by atoms with Crippen LogP contribution in [0.15, 0.2) is 24.3 Å². The molecule has 0 aliphatic carbocycles. The first-order valence-corrected chi connectivity index (χ1v) is 4.77. The van der Waals surface area contributed by atoms with Crippen LogP contribution in [-0.4, -0.2) is 17.6 Å². The summed E-state index contributed by atoms with van der Waals surface area (Å²) in [5, 5.41) is 12.1. The molecule has 0 saturated heterocycles. The van der Waals surface area contributed by atoms with Gasteiger partial charge >= 0.3 is 0 Å². The lowest BCUT2D eigenvalue weighted by molar-refractivity contribution is -0.123. The molecule has 0 aliphatic rings. The minimum absolute atomic E-state index is 0.0543. The number of anilines is 1. The van der Waals surface area contributed by atoms with Gasteiger partial charge in [-0.1, -0.05) is 12.1 Å². The van der Waals surface area contributed by atoms with E-state index >= 15 is 0 Å². The lowest BCUT2D eigenvalue weighted by atomic mass is 9.92. The second-order valence-electron chi connectivity index (χ2n) is 4.06. The fourth-order valence-electron chi connectivity index (χ4n) is 0.964. The molecular formula is C11H16N2O2. The van der Waals surface area contributed by atoms with Crippen molar-refractivity contribution < 1.29 is 9.90 Å². The quantitative estimate of drug-likeness (QED) is 0.656. The van der Waals surface area contributed by atoms with Gasteiger partial charge in [0.05, 0.1) is 11.1 Å². The van der Waals surface area contributed by atoms with Crippen molar-refractivity contribution in [2.45, 2.75) is 13.8 Å². The largest absolute Gasteiger partial charge is 0.506 e. The van der Waals surface area contributed by atoms with Crippen LogP contribution in [0.4, 0.5) is 5.69 Å². The van der Waals surface area contributed by atoms with E-state index in [0.717, 1.165) is 0 Å². The minimum Gasteiger partial charge on any atom is -0.506 e. The first-order chi connectivity index (χ1) is 6.97. The maximum atomic E-state index is 11.7. The molecule has 0 heterocycles. The van der Waals surface area contributed by atoms with Crippen molar-refractivity contribution in [2.75, 3.05) is 11.9 Å². The summed E-state index contributed by atoms with van der Waals surface area (Å²) in [7, 11) is 0. The maximum absolute atomic E-state index is 11.7. The highest BCUT2D eigenvalue weighted by Gasteiger charge is 2.26.